The van der Waals surface area contributed by atoms with Crippen LogP contribution in [0.25, 0.3) is 16.3 Å². The number of thiazole rings is 1. The van der Waals surface area contributed by atoms with Crippen LogP contribution in [0.2, 0.25) is 5.02 Å². The summed E-state index contributed by atoms with van der Waals surface area (Å²) in [6.45, 7) is -0.131. The second-order valence-corrected chi connectivity index (χ2v) is 7.44. The van der Waals surface area contributed by atoms with Crippen LogP contribution >= 0.6 is 22.9 Å². The zero-order valence-electron chi connectivity index (χ0n) is 16.1. The van der Waals surface area contributed by atoms with Crippen LogP contribution in [0, 0.1) is 0 Å². The predicted molar refractivity (Wildman–Crippen MR) is 114 cm³/mol. The van der Waals surface area contributed by atoms with Crippen LogP contribution in [-0.4, -0.2) is 36.6 Å². The molecule has 1 amide bonds. The zero-order chi connectivity index (χ0) is 21.7. The number of fused-ring (bicyclic) bond motifs is 1. The summed E-state index contributed by atoms with van der Waals surface area (Å²) in [5, 5.41) is 0.513. The number of esters is 2. The van der Waals surface area contributed by atoms with E-state index in [1.165, 1.54) is 31.6 Å². The van der Waals surface area contributed by atoms with E-state index >= 15 is 0 Å². The van der Waals surface area contributed by atoms with Gasteiger partial charge in [-0.1, -0.05) is 41.1 Å². The molecule has 3 aromatic rings. The van der Waals surface area contributed by atoms with Gasteiger partial charge in [0.25, 0.3) is 5.91 Å². The molecule has 1 aromatic heterocycles. The molecule has 0 aliphatic heterocycles. The lowest BCUT2D eigenvalue weighted by molar-refractivity contribution is -0.141. The summed E-state index contributed by atoms with van der Waals surface area (Å²) in [7, 11) is 2.57. The molecule has 0 fully saturated rings. The molecule has 0 spiro atoms. The molecule has 154 valence electrons. The Morgan fingerprint density at radius 3 is 2.60 bits per heavy atom. The van der Waals surface area contributed by atoms with Crippen molar-refractivity contribution in [2.45, 2.75) is 6.54 Å². The molecule has 30 heavy (non-hydrogen) atoms. The van der Waals surface area contributed by atoms with Gasteiger partial charge in [0, 0.05) is 11.1 Å². The van der Waals surface area contributed by atoms with Crippen molar-refractivity contribution < 1.29 is 23.9 Å². The Bertz CT molecular complexity index is 1230. The minimum absolute atomic E-state index is 0.131. The van der Waals surface area contributed by atoms with Crippen molar-refractivity contribution in [3.05, 3.63) is 69.5 Å². The number of halogens is 1. The maximum Gasteiger partial charge on any atom is 0.337 e. The predicted octanol–water partition coefficient (Wildman–Crippen LogP) is 3.46. The Hall–Kier alpha value is -3.23. The number of benzene rings is 2. The average Bonchev–Trinajstić information content (AvgIpc) is 3.08. The third-order valence-electron chi connectivity index (χ3n) is 4.14. The second kappa shape index (κ2) is 9.51. The minimum Gasteiger partial charge on any atom is -0.468 e. The molecule has 7 nitrogen and oxygen atoms in total. The molecule has 9 heteroatoms. The van der Waals surface area contributed by atoms with Gasteiger partial charge in [0.15, 0.2) is 4.80 Å². The Morgan fingerprint density at radius 1 is 1.13 bits per heavy atom. The first-order valence-corrected chi connectivity index (χ1v) is 9.92. The normalized spacial score (nSPS) is 11.8. The molecule has 2 aromatic carbocycles. The number of carbonyl (C=O) groups is 3. The topological polar surface area (TPSA) is 87.0 Å². The van der Waals surface area contributed by atoms with E-state index in [0.29, 0.717) is 31.2 Å². The highest BCUT2D eigenvalue weighted by molar-refractivity contribution is 7.16. The third-order valence-corrected chi connectivity index (χ3v) is 5.52. The van der Waals surface area contributed by atoms with Crippen LogP contribution in [0.5, 0.6) is 0 Å². The molecule has 0 aliphatic carbocycles. The van der Waals surface area contributed by atoms with Crippen molar-refractivity contribution >= 4 is 57.1 Å². The van der Waals surface area contributed by atoms with Gasteiger partial charge in [0.1, 0.15) is 6.54 Å². The summed E-state index contributed by atoms with van der Waals surface area (Å²) in [5.74, 6) is -1.50. The van der Waals surface area contributed by atoms with Crippen LogP contribution in [0.15, 0.2) is 53.5 Å². The number of aromatic nitrogens is 1. The molecule has 0 radical (unpaired) electrons. The first-order valence-electron chi connectivity index (χ1n) is 8.72. The first kappa shape index (κ1) is 21.5. The monoisotopic (exact) mass is 444 g/mol. The summed E-state index contributed by atoms with van der Waals surface area (Å²) in [6, 6.07) is 12.0. The maximum absolute atomic E-state index is 12.4. The van der Waals surface area contributed by atoms with Gasteiger partial charge < -0.3 is 14.0 Å². The molecular formula is C21H17ClN2O5S. The molecule has 0 aliphatic rings. The van der Waals surface area contributed by atoms with E-state index in [-0.39, 0.29) is 6.54 Å². The standard InChI is InChI=1S/C21H17ClN2O5S/c1-28-19(26)12-24-16-9-7-14(20(27)29-2)11-17(16)30-21(24)23-18(25)10-8-13-5-3-4-6-15(13)22/h3-11H,12H2,1-2H3. The number of carbonyl (C=O) groups excluding carboxylic acids is 3. The molecule has 0 saturated heterocycles. The van der Waals surface area contributed by atoms with E-state index in [4.69, 9.17) is 21.1 Å². The molecule has 3 rings (SSSR count). The fraction of sp³-hybridized carbons (Fsp3) is 0.143. The number of hydrogen-bond acceptors (Lipinski definition) is 6. The van der Waals surface area contributed by atoms with Crippen molar-refractivity contribution in [2.24, 2.45) is 4.99 Å². The number of ether oxygens (including phenoxy) is 2. The fourth-order valence-electron chi connectivity index (χ4n) is 2.65. The van der Waals surface area contributed by atoms with Crippen LogP contribution in [0.1, 0.15) is 15.9 Å². The molecule has 0 unspecified atom stereocenters. The van der Waals surface area contributed by atoms with Crippen molar-refractivity contribution in [2.75, 3.05) is 14.2 Å². The van der Waals surface area contributed by atoms with Crippen LogP contribution in [0.4, 0.5) is 0 Å². The van der Waals surface area contributed by atoms with Gasteiger partial charge in [-0.25, -0.2) is 4.79 Å². The Balaban J connectivity index is 2.04. The van der Waals surface area contributed by atoms with Crippen molar-refractivity contribution in [1.29, 1.82) is 0 Å². The van der Waals surface area contributed by atoms with Crippen LogP contribution < -0.4 is 4.80 Å². The molecule has 0 N–H and O–H groups in total. The van der Waals surface area contributed by atoms with Crippen molar-refractivity contribution in [3.63, 3.8) is 0 Å². The van der Waals surface area contributed by atoms with Crippen LogP contribution in [-0.2, 0) is 25.6 Å². The van der Waals surface area contributed by atoms with E-state index in [9.17, 15) is 14.4 Å². The number of amides is 1. The lowest BCUT2D eigenvalue weighted by atomic mass is 10.2. The van der Waals surface area contributed by atoms with Gasteiger partial charge in [-0.05, 0) is 35.9 Å². The smallest absolute Gasteiger partial charge is 0.337 e. The molecule has 0 saturated carbocycles. The molecular weight excluding hydrogens is 428 g/mol. The second-order valence-electron chi connectivity index (χ2n) is 6.03. The SMILES string of the molecule is COC(=O)Cn1c(=NC(=O)C=Cc2ccccc2Cl)sc2cc(C(=O)OC)ccc21. The number of hydrogen-bond donors (Lipinski definition) is 0. The fourth-order valence-corrected chi connectivity index (χ4v) is 3.93. The van der Waals surface area contributed by atoms with Gasteiger partial charge >= 0.3 is 11.9 Å². The van der Waals surface area contributed by atoms with E-state index < -0.39 is 17.8 Å². The van der Waals surface area contributed by atoms with E-state index in [1.54, 1.807) is 47.0 Å². The van der Waals surface area contributed by atoms with E-state index in [1.807, 2.05) is 6.07 Å². The zero-order valence-corrected chi connectivity index (χ0v) is 17.7. The Morgan fingerprint density at radius 2 is 1.90 bits per heavy atom. The number of rotatable bonds is 5. The largest absolute Gasteiger partial charge is 0.468 e. The number of nitrogens with zero attached hydrogens (tertiary/aromatic N) is 2. The van der Waals surface area contributed by atoms with E-state index in [0.717, 1.165) is 0 Å². The third kappa shape index (κ3) is 4.84. The summed E-state index contributed by atoms with van der Waals surface area (Å²) in [5.41, 5.74) is 1.68. The maximum atomic E-state index is 12.4. The van der Waals surface area contributed by atoms with Crippen LogP contribution in [0.3, 0.4) is 0 Å². The summed E-state index contributed by atoms with van der Waals surface area (Å²) < 4.78 is 11.7. The van der Waals surface area contributed by atoms with Gasteiger partial charge in [-0.3, -0.25) is 9.59 Å². The van der Waals surface area contributed by atoms with Gasteiger partial charge in [0.2, 0.25) is 0 Å². The van der Waals surface area contributed by atoms with Gasteiger partial charge in [0.05, 0.1) is 30.0 Å². The van der Waals surface area contributed by atoms with Gasteiger partial charge in [-0.2, -0.15) is 4.99 Å². The highest BCUT2D eigenvalue weighted by Gasteiger charge is 2.14. The lowest BCUT2D eigenvalue weighted by Gasteiger charge is -2.04. The summed E-state index contributed by atoms with van der Waals surface area (Å²) >= 11 is 7.26. The average molecular weight is 445 g/mol. The minimum atomic E-state index is -0.520. The van der Waals surface area contributed by atoms with Crippen molar-refractivity contribution in [1.82, 2.24) is 4.57 Å². The quantitative estimate of drug-likeness (QED) is 0.444. The summed E-state index contributed by atoms with van der Waals surface area (Å²) in [6.07, 6.45) is 2.87. The lowest BCUT2D eigenvalue weighted by Crippen LogP contribution is -2.22. The van der Waals surface area contributed by atoms with Crippen molar-refractivity contribution in [3.8, 4) is 0 Å². The van der Waals surface area contributed by atoms with E-state index in [2.05, 4.69) is 4.99 Å². The first-order chi connectivity index (χ1) is 14.4. The summed E-state index contributed by atoms with van der Waals surface area (Å²) in [4.78, 5) is 40.5. The highest BCUT2D eigenvalue weighted by atomic mass is 35.5. The van der Waals surface area contributed by atoms with Gasteiger partial charge in [-0.15, -0.1) is 0 Å². The highest BCUT2D eigenvalue weighted by Crippen LogP contribution is 2.20. The Kier molecular flexibility index (Phi) is 6.81. The molecule has 1 heterocycles. The molecule has 0 atom stereocenters. The number of methoxy groups -OCH3 is 2. The Labute approximate surface area is 180 Å². The molecule has 0 bridgehead atoms.